The zero-order valence-electron chi connectivity index (χ0n) is 11.5. The van der Waals surface area contributed by atoms with Crippen LogP contribution < -0.4 is 0 Å². The smallest absolute Gasteiger partial charge is 0.294 e. The molecule has 0 aliphatic heterocycles. The number of alkyl halides is 5. The second-order valence-electron chi connectivity index (χ2n) is 4.42. The topological polar surface area (TPSA) is 34.1 Å². The van der Waals surface area contributed by atoms with E-state index in [-0.39, 0.29) is 11.3 Å². The van der Waals surface area contributed by atoms with Crippen molar-refractivity contribution < 1.29 is 31.5 Å². The molecule has 0 heterocycles. The first-order valence-corrected chi connectivity index (χ1v) is 7.29. The van der Waals surface area contributed by atoms with Crippen LogP contribution in [0.1, 0.15) is 23.7 Å². The van der Waals surface area contributed by atoms with Gasteiger partial charge < -0.3 is 0 Å². The summed E-state index contributed by atoms with van der Waals surface area (Å²) in [5.41, 5.74) is -0.0141. The van der Waals surface area contributed by atoms with Crippen molar-refractivity contribution in [3.8, 4) is 0 Å². The van der Waals surface area contributed by atoms with E-state index in [4.69, 9.17) is 0 Å². The molecule has 0 aromatic heterocycles. The van der Waals surface area contributed by atoms with Crippen LogP contribution in [0.3, 0.4) is 0 Å². The molecule has 1 rings (SSSR count). The highest BCUT2D eigenvalue weighted by Gasteiger charge is 2.64. The zero-order chi connectivity index (χ0) is 17.0. The molecular formula is C14H13F5O2S. The summed E-state index contributed by atoms with van der Waals surface area (Å²) in [4.78, 5) is 23.5. The van der Waals surface area contributed by atoms with E-state index in [1.165, 1.54) is 31.2 Å². The van der Waals surface area contributed by atoms with Gasteiger partial charge in [0.2, 0.25) is 0 Å². The molecule has 1 aromatic carbocycles. The van der Waals surface area contributed by atoms with Crippen molar-refractivity contribution in [2.45, 2.75) is 25.4 Å². The molecule has 122 valence electrons. The van der Waals surface area contributed by atoms with Crippen LogP contribution in [0, 0.1) is 5.92 Å². The van der Waals surface area contributed by atoms with Crippen molar-refractivity contribution in [2.24, 2.45) is 5.92 Å². The second kappa shape index (κ2) is 7.21. The van der Waals surface area contributed by atoms with E-state index in [1.807, 2.05) is 0 Å². The highest BCUT2D eigenvalue weighted by Crippen LogP contribution is 2.44. The Balaban J connectivity index is 3.07. The first-order valence-electron chi connectivity index (χ1n) is 6.30. The van der Waals surface area contributed by atoms with E-state index in [2.05, 4.69) is 0 Å². The van der Waals surface area contributed by atoms with Crippen molar-refractivity contribution in [1.29, 1.82) is 0 Å². The fourth-order valence-corrected chi connectivity index (χ4v) is 2.44. The van der Waals surface area contributed by atoms with Gasteiger partial charge in [-0.25, -0.2) is 0 Å². The summed E-state index contributed by atoms with van der Waals surface area (Å²) in [5.74, 6) is -8.87. The summed E-state index contributed by atoms with van der Waals surface area (Å²) in [7, 11) is 0. The number of Topliss-reactive ketones (excluding diaryl/α,β-unsaturated/α-hetero) is 1. The second-order valence-corrected chi connectivity index (χ2v) is 5.69. The lowest BCUT2D eigenvalue weighted by Crippen LogP contribution is -2.47. The summed E-state index contributed by atoms with van der Waals surface area (Å²) in [5, 5.41) is -1.34. The van der Waals surface area contributed by atoms with Gasteiger partial charge in [0.1, 0.15) is 5.92 Å². The molecule has 0 spiro atoms. The highest BCUT2D eigenvalue weighted by molar-refractivity contribution is 8.13. The average Bonchev–Trinajstić information content (AvgIpc) is 2.44. The molecule has 1 unspecified atom stereocenters. The van der Waals surface area contributed by atoms with Gasteiger partial charge in [0, 0.05) is 12.0 Å². The third-order valence-electron chi connectivity index (χ3n) is 2.87. The number of carbonyl (C=O) groups excluding carboxylic acids is 2. The predicted molar refractivity (Wildman–Crippen MR) is 73.0 cm³/mol. The Bertz CT molecular complexity index is 528. The lowest BCUT2D eigenvalue weighted by atomic mass is 9.93. The van der Waals surface area contributed by atoms with Gasteiger partial charge >= 0.3 is 12.1 Å². The maximum absolute atomic E-state index is 13.5. The first kappa shape index (κ1) is 18.6. The molecule has 1 aromatic rings. The number of halogens is 5. The Kier molecular flexibility index (Phi) is 6.10. The number of rotatable bonds is 6. The number of thioether (sulfide) groups is 1. The standard InChI is InChI=1S/C14H13F5O2S/c1-2-22-12(21)10(13(15,16)14(17,18)19)8-11(20)9-6-4-3-5-7-9/h3-7,10H,2,8H2,1H3. The third kappa shape index (κ3) is 4.28. The molecule has 0 aliphatic carbocycles. The predicted octanol–water partition coefficient (Wildman–Crippen LogP) is 4.35. The van der Waals surface area contributed by atoms with Crippen LogP contribution in [-0.4, -0.2) is 28.8 Å². The van der Waals surface area contributed by atoms with Gasteiger partial charge in [-0.2, -0.15) is 22.0 Å². The van der Waals surface area contributed by atoms with E-state index in [1.54, 1.807) is 6.07 Å². The van der Waals surface area contributed by atoms with Crippen LogP contribution >= 0.6 is 11.8 Å². The number of hydrogen-bond donors (Lipinski definition) is 0. The molecular weight excluding hydrogens is 327 g/mol. The summed E-state index contributed by atoms with van der Waals surface area (Å²) in [6.07, 6.45) is -7.08. The fraction of sp³-hybridized carbons (Fsp3) is 0.429. The van der Waals surface area contributed by atoms with Crippen molar-refractivity contribution in [2.75, 3.05) is 5.75 Å². The average molecular weight is 340 g/mol. The summed E-state index contributed by atoms with van der Waals surface area (Å²) < 4.78 is 64.6. The summed E-state index contributed by atoms with van der Waals surface area (Å²) in [6.45, 7) is 1.45. The Labute approximate surface area is 128 Å². The Hall–Kier alpha value is -1.44. The van der Waals surface area contributed by atoms with Crippen LogP contribution in [0.4, 0.5) is 22.0 Å². The van der Waals surface area contributed by atoms with Gasteiger partial charge in [0.05, 0.1) is 0 Å². The quantitative estimate of drug-likeness (QED) is 0.570. The minimum absolute atomic E-state index is 0.0141. The van der Waals surface area contributed by atoms with Crippen LogP contribution in [0.5, 0.6) is 0 Å². The van der Waals surface area contributed by atoms with Gasteiger partial charge in [-0.3, -0.25) is 9.59 Å². The Morgan fingerprint density at radius 1 is 1.09 bits per heavy atom. The maximum atomic E-state index is 13.5. The van der Waals surface area contributed by atoms with Crippen molar-refractivity contribution in [3.63, 3.8) is 0 Å². The number of ketones is 1. The van der Waals surface area contributed by atoms with Crippen molar-refractivity contribution in [1.82, 2.24) is 0 Å². The normalized spacial score (nSPS) is 13.7. The molecule has 0 N–H and O–H groups in total. The van der Waals surface area contributed by atoms with E-state index >= 15 is 0 Å². The van der Waals surface area contributed by atoms with Crippen molar-refractivity contribution >= 4 is 22.7 Å². The van der Waals surface area contributed by atoms with E-state index < -0.39 is 35.3 Å². The third-order valence-corrected chi connectivity index (χ3v) is 3.73. The lowest BCUT2D eigenvalue weighted by molar-refractivity contribution is -0.296. The fourth-order valence-electron chi connectivity index (χ4n) is 1.73. The molecule has 0 fully saturated rings. The van der Waals surface area contributed by atoms with Crippen LogP contribution in [-0.2, 0) is 4.79 Å². The Morgan fingerprint density at radius 3 is 2.09 bits per heavy atom. The van der Waals surface area contributed by atoms with Crippen LogP contribution in [0.25, 0.3) is 0 Å². The minimum atomic E-state index is -5.89. The molecule has 1 atom stereocenters. The zero-order valence-corrected chi connectivity index (χ0v) is 12.3. The minimum Gasteiger partial charge on any atom is -0.294 e. The number of hydrogen-bond acceptors (Lipinski definition) is 3. The molecule has 8 heteroatoms. The molecule has 2 nitrogen and oxygen atoms in total. The van der Waals surface area contributed by atoms with Gasteiger partial charge in [-0.1, -0.05) is 49.0 Å². The molecule has 0 bridgehead atoms. The van der Waals surface area contributed by atoms with Gasteiger partial charge in [-0.15, -0.1) is 0 Å². The molecule has 0 saturated carbocycles. The van der Waals surface area contributed by atoms with Gasteiger partial charge in [0.15, 0.2) is 10.9 Å². The lowest BCUT2D eigenvalue weighted by Gasteiger charge is -2.26. The van der Waals surface area contributed by atoms with E-state index in [9.17, 15) is 31.5 Å². The highest BCUT2D eigenvalue weighted by atomic mass is 32.2. The van der Waals surface area contributed by atoms with Gasteiger partial charge in [0.25, 0.3) is 0 Å². The summed E-state index contributed by atoms with van der Waals surface area (Å²) in [6, 6.07) is 7.06. The van der Waals surface area contributed by atoms with Crippen molar-refractivity contribution in [3.05, 3.63) is 35.9 Å². The van der Waals surface area contributed by atoms with E-state index in [0.29, 0.717) is 11.8 Å². The number of benzene rings is 1. The molecule has 0 radical (unpaired) electrons. The maximum Gasteiger partial charge on any atom is 0.454 e. The molecule has 0 amide bonds. The van der Waals surface area contributed by atoms with Crippen LogP contribution in [0.2, 0.25) is 0 Å². The van der Waals surface area contributed by atoms with E-state index in [0.717, 1.165) is 0 Å². The molecule has 0 aliphatic rings. The first-order chi connectivity index (χ1) is 10.1. The SMILES string of the molecule is CCSC(=O)C(CC(=O)c1ccccc1)C(F)(F)C(F)(F)F. The van der Waals surface area contributed by atoms with Gasteiger partial charge in [-0.05, 0) is 5.75 Å². The molecule has 0 saturated heterocycles. The monoisotopic (exact) mass is 340 g/mol. The Morgan fingerprint density at radius 2 is 1.64 bits per heavy atom. The largest absolute Gasteiger partial charge is 0.454 e. The van der Waals surface area contributed by atoms with Crippen LogP contribution in [0.15, 0.2) is 30.3 Å². The number of carbonyl (C=O) groups is 2. The summed E-state index contributed by atoms with van der Waals surface area (Å²) >= 11 is 0.348. The molecule has 22 heavy (non-hydrogen) atoms.